The second-order valence-corrected chi connectivity index (χ2v) is 6.38. The molecule has 1 aromatic carbocycles. The van der Waals surface area contributed by atoms with E-state index in [2.05, 4.69) is 4.90 Å². The largest absolute Gasteiger partial charge is 0.385 e. The number of ether oxygens (including phenoxy) is 1. The summed E-state index contributed by atoms with van der Waals surface area (Å²) < 4.78 is 5.57. The molecule has 2 aliphatic rings. The molecule has 0 unspecified atom stereocenters. The van der Waals surface area contributed by atoms with Crippen LogP contribution in [0.5, 0.6) is 0 Å². The molecule has 1 N–H and O–H groups in total. The third-order valence-electron chi connectivity index (χ3n) is 4.66. The van der Waals surface area contributed by atoms with Crippen LogP contribution in [0.3, 0.4) is 0 Å². The fraction of sp³-hybridized carbons (Fsp3) is 0.625. The zero-order chi connectivity index (χ0) is 14.0. The molecule has 1 atom stereocenters. The van der Waals surface area contributed by atoms with E-state index < -0.39 is 5.60 Å². The van der Waals surface area contributed by atoms with Gasteiger partial charge >= 0.3 is 0 Å². The molecule has 2 aliphatic heterocycles. The molecule has 3 nitrogen and oxygen atoms in total. The molecule has 1 aromatic rings. The molecule has 0 radical (unpaired) electrons. The topological polar surface area (TPSA) is 32.7 Å². The third-order valence-corrected chi connectivity index (χ3v) is 4.91. The highest BCUT2D eigenvalue weighted by Crippen LogP contribution is 2.34. The number of nitrogens with zero attached hydrogens (tertiary/aromatic N) is 1. The molecule has 20 heavy (non-hydrogen) atoms. The van der Waals surface area contributed by atoms with Gasteiger partial charge in [-0.1, -0.05) is 23.7 Å². The second-order valence-electron chi connectivity index (χ2n) is 5.95. The van der Waals surface area contributed by atoms with E-state index in [0.29, 0.717) is 11.1 Å². The minimum absolute atomic E-state index is 0.540. The number of hydrogen-bond donors (Lipinski definition) is 1. The zero-order valence-corrected chi connectivity index (χ0v) is 12.5. The maximum atomic E-state index is 10.8. The van der Waals surface area contributed by atoms with Crippen molar-refractivity contribution in [2.75, 3.05) is 26.3 Å². The number of aliphatic hydroxyl groups is 1. The van der Waals surface area contributed by atoms with Crippen molar-refractivity contribution >= 4 is 11.6 Å². The Morgan fingerprint density at radius 3 is 2.50 bits per heavy atom. The van der Waals surface area contributed by atoms with Crippen molar-refractivity contribution in [3.63, 3.8) is 0 Å². The molecular formula is C16H22ClNO2. The van der Waals surface area contributed by atoms with Crippen LogP contribution in [-0.4, -0.2) is 42.4 Å². The quantitative estimate of drug-likeness (QED) is 0.911. The summed E-state index contributed by atoms with van der Waals surface area (Å²) in [6.45, 7) is 3.62. The number of hydrogen-bond acceptors (Lipinski definition) is 3. The van der Waals surface area contributed by atoms with Gasteiger partial charge in [-0.3, -0.25) is 4.90 Å². The van der Waals surface area contributed by atoms with E-state index in [1.165, 1.54) is 6.42 Å². The van der Waals surface area contributed by atoms with E-state index in [1.54, 1.807) is 0 Å². The molecule has 0 saturated carbocycles. The Balaban J connectivity index is 1.63. The van der Waals surface area contributed by atoms with Gasteiger partial charge in [-0.2, -0.15) is 0 Å². The summed E-state index contributed by atoms with van der Waals surface area (Å²) in [5, 5.41) is 11.6. The van der Waals surface area contributed by atoms with Crippen molar-refractivity contribution < 1.29 is 9.84 Å². The molecule has 0 aliphatic carbocycles. The van der Waals surface area contributed by atoms with Crippen molar-refractivity contribution in [2.24, 2.45) is 0 Å². The van der Waals surface area contributed by atoms with Crippen LogP contribution in [0.25, 0.3) is 0 Å². The lowest BCUT2D eigenvalue weighted by molar-refractivity contribution is -0.0569. The van der Waals surface area contributed by atoms with Gasteiger partial charge in [-0.25, -0.2) is 0 Å². The summed E-state index contributed by atoms with van der Waals surface area (Å²) in [4.78, 5) is 2.48. The van der Waals surface area contributed by atoms with Crippen LogP contribution in [0.4, 0.5) is 0 Å². The molecule has 0 aromatic heterocycles. The van der Waals surface area contributed by atoms with E-state index in [9.17, 15) is 5.11 Å². The van der Waals surface area contributed by atoms with Crippen LogP contribution in [0.2, 0.25) is 5.02 Å². The first kappa shape index (κ1) is 14.3. The van der Waals surface area contributed by atoms with Gasteiger partial charge in [0.1, 0.15) is 0 Å². The van der Waals surface area contributed by atoms with E-state index in [-0.39, 0.29) is 0 Å². The van der Waals surface area contributed by atoms with Gasteiger partial charge in [0, 0.05) is 30.8 Å². The normalized spacial score (nSPS) is 27.4. The maximum Gasteiger partial charge on any atom is 0.0920 e. The molecule has 110 valence electrons. The Morgan fingerprint density at radius 1 is 1.20 bits per heavy atom. The number of likely N-dealkylation sites (tertiary alicyclic amines) is 1. The Labute approximate surface area is 125 Å². The number of rotatable bonds is 2. The van der Waals surface area contributed by atoms with Crippen LogP contribution < -0.4 is 0 Å². The molecule has 2 fully saturated rings. The van der Waals surface area contributed by atoms with Gasteiger partial charge < -0.3 is 9.84 Å². The lowest BCUT2D eigenvalue weighted by Gasteiger charge is -2.43. The highest BCUT2D eigenvalue weighted by Gasteiger charge is 2.36. The monoisotopic (exact) mass is 295 g/mol. The van der Waals surface area contributed by atoms with Crippen molar-refractivity contribution in [1.29, 1.82) is 0 Å². The minimum atomic E-state index is -0.698. The van der Waals surface area contributed by atoms with Crippen LogP contribution in [0, 0.1) is 0 Å². The molecule has 0 spiro atoms. The Bertz CT molecular complexity index is 434. The Hall–Kier alpha value is -0.610. The second kappa shape index (κ2) is 6.02. The summed E-state index contributed by atoms with van der Waals surface area (Å²) in [6.07, 6.45) is 3.94. The summed E-state index contributed by atoms with van der Waals surface area (Å²) in [5.41, 5.74) is 0.290. The first-order valence-electron chi connectivity index (χ1n) is 7.48. The first-order valence-corrected chi connectivity index (χ1v) is 7.85. The molecule has 0 bridgehead atoms. The SMILES string of the molecule is OC1(c2ccc(Cl)cc2)CCN([C@@H]2CCCOC2)CC1. The van der Waals surface area contributed by atoms with E-state index in [0.717, 1.165) is 51.1 Å². The molecule has 2 saturated heterocycles. The van der Waals surface area contributed by atoms with Gasteiger partial charge in [0.2, 0.25) is 0 Å². The highest BCUT2D eigenvalue weighted by atomic mass is 35.5. The average Bonchev–Trinajstić information content (AvgIpc) is 2.49. The molecule has 0 amide bonds. The van der Waals surface area contributed by atoms with Crippen LogP contribution >= 0.6 is 11.6 Å². The minimum Gasteiger partial charge on any atom is -0.385 e. The van der Waals surface area contributed by atoms with Gasteiger partial charge in [0.15, 0.2) is 0 Å². The van der Waals surface area contributed by atoms with Crippen LogP contribution in [0.15, 0.2) is 24.3 Å². The lowest BCUT2D eigenvalue weighted by Crippen LogP contribution is -2.49. The van der Waals surface area contributed by atoms with Gasteiger partial charge in [-0.05, 0) is 43.4 Å². The summed E-state index contributed by atoms with van der Waals surface area (Å²) in [5.74, 6) is 0. The Kier molecular flexibility index (Phi) is 4.32. The van der Waals surface area contributed by atoms with Gasteiger partial charge in [-0.15, -0.1) is 0 Å². The maximum absolute atomic E-state index is 10.8. The van der Waals surface area contributed by atoms with Crippen molar-refractivity contribution in [3.05, 3.63) is 34.9 Å². The smallest absolute Gasteiger partial charge is 0.0920 e. The predicted octanol–water partition coefficient (Wildman–Crippen LogP) is 2.80. The van der Waals surface area contributed by atoms with Crippen molar-refractivity contribution in [3.8, 4) is 0 Å². The fourth-order valence-electron chi connectivity index (χ4n) is 3.32. The van der Waals surface area contributed by atoms with Crippen LogP contribution in [0.1, 0.15) is 31.2 Å². The average molecular weight is 296 g/mol. The molecule has 3 rings (SSSR count). The van der Waals surface area contributed by atoms with E-state index in [1.807, 2.05) is 24.3 Å². The summed E-state index contributed by atoms with van der Waals surface area (Å²) >= 11 is 5.92. The highest BCUT2D eigenvalue weighted by molar-refractivity contribution is 6.30. The fourth-order valence-corrected chi connectivity index (χ4v) is 3.45. The summed E-state index contributed by atoms with van der Waals surface area (Å²) in [6, 6.07) is 8.15. The molecule has 2 heterocycles. The zero-order valence-electron chi connectivity index (χ0n) is 11.7. The van der Waals surface area contributed by atoms with Gasteiger partial charge in [0.25, 0.3) is 0 Å². The number of piperidine rings is 1. The standard InChI is InChI=1S/C16H22ClNO2/c17-14-5-3-13(4-6-14)16(19)7-9-18(10-8-16)15-2-1-11-20-12-15/h3-6,15,19H,1-2,7-12H2/t15-/m1/s1. The van der Waals surface area contributed by atoms with Crippen molar-refractivity contribution in [2.45, 2.75) is 37.3 Å². The number of halogens is 1. The van der Waals surface area contributed by atoms with Crippen molar-refractivity contribution in [1.82, 2.24) is 4.90 Å². The van der Waals surface area contributed by atoms with Crippen LogP contribution in [-0.2, 0) is 10.3 Å². The molecular weight excluding hydrogens is 274 g/mol. The number of benzene rings is 1. The van der Waals surface area contributed by atoms with Gasteiger partial charge in [0.05, 0.1) is 12.2 Å². The Morgan fingerprint density at radius 2 is 1.90 bits per heavy atom. The predicted molar refractivity (Wildman–Crippen MR) is 80.0 cm³/mol. The summed E-state index contributed by atoms with van der Waals surface area (Å²) in [7, 11) is 0. The van der Waals surface area contributed by atoms with E-state index in [4.69, 9.17) is 16.3 Å². The molecule has 4 heteroatoms. The lowest BCUT2D eigenvalue weighted by atomic mass is 9.84. The van der Waals surface area contributed by atoms with E-state index >= 15 is 0 Å². The third kappa shape index (κ3) is 3.01. The first-order chi connectivity index (χ1) is 9.67.